The van der Waals surface area contributed by atoms with Crippen molar-refractivity contribution in [2.45, 2.75) is 51.9 Å². The maximum atomic E-state index is 13.3. The molecule has 0 aromatic heterocycles. The molecule has 1 aromatic rings. The van der Waals surface area contributed by atoms with E-state index in [2.05, 4.69) is 5.32 Å². The summed E-state index contributed by atoms with van der Waals surface area (Å²) >= 11 is 0. The van der Waals surface area contributed by atoms with Crippen molar-refractivity contribution in [1.82, 2.24) is 15.1 Å². The molecule has 0 bridgehead atoms. The average molecular weight is 403 g/mol. The fourth-order valence-electron chi connectivity index (χ4n) is 4.17. The minimum atomic E-state index is -1.18. The van der Waals surface area contributed by atoms with Gasteiger partial charge in [0, 0.05) is 13.1 Å². The Bertz CT molecular complexity index is 817. The number of nitrogens with one attached hydrogen (secondary N) is 1. The van der Waals surface area contributed by atoms with Crippen LogP contribution in [0.15, 0.2) is 18.2 Å². The third-order valence-electron chi connectivity index (χ3n) is 5.66. The van der Waals surface area contributed by atoms with Crippen LogP contribution in [0.25, 0.3) is 0 Å². The molecule has 158 valence electrons. The lowest BCUT2D eigenvalue weighted by Crippen LogP contribution is -2.52. The SMILES string of the molecule is CCC1(c2ccc(OC)c(C)c2)NC(=O)N(CC(=O)N2CC(C)OC(C)C2)C1=O. The summed E-state index contributed by atoms with van der Waals surface area (Å²) in [7, 11) is 1.58. The van der Waals surface area contributed by atoms with Gasteiger partial charge in [0.05, 0.1) is 19.3 Å². The number of rotatable bonds is 5. The predicted octanol–water partition coefficient (Wildman–Crippen LogP) is 1.80. The molecule has 0 saturated carbocycles. The molecule has 29 heavy (non-hydrogen) atoms. The van der Waals surface area contributed by atoms with Crippen molar-refractivity contribution in [2.24, 2.45) is 0 Å². The van der Waals surface area contributed by atoms with E-state index >= 15 is 0 Å². The van der Waals surface area contributed by atoms with Gasteiger partial charge in [-0.25, -0.2) is 4.79 Å². The Labute approximate surface area is 171 Å². The first kappa shape index (κ1) is 21.1. The van der Waals surface area contributed by atoms with E-state index in [4.69, 9.17) is 9.47 Å². The quantitative estimate of drug-likeness (QED) is 0.758. The van der Waals surface area contributed by atoms with Gasteiger partial charge < -0.3 is 19.7 Å². The molecule has 1 N–H and O–H groups in total. The van der Waals surface area contributed by atoms with Crippen LogP contribution in [0.2, 0.25) is 0 Å². The molecule has 2 heterocycles. The molecular weight excluding hydrogens is 374 g/mol. The van der Waals surface area contributed by atoms with Gasteiger partial charge >= 0.3 is 6.03 Å². The minimum absolute atomic E-state index is 0.0807. The van der Waals surface area contributed by atoms with Crippen LogP contribution >= 0.6 is 0 Å². The van der Waals surface area contributed by atoms with Gasteiger partial charge in [0.15, 0.2) is 0 Å². The van der Waals surface area contributed by atoms with Gasteiger partial charge in [-0.1, -0.05) is 13.0 Å². The largest absolute Gasteiger partial charge is 0.496 e. The Morgan fingerprint density at radius 1 is 1.28 bits per heavy atom. The molecule has 2 saturated heterocycles. The smallest absolute Gasteiger partial charge is 0.325 e. The maximum absolute atomic E-state index is 13.3. The summed E-state index contributed by atoms with van der Waals surface area (Å²) in [5.41, 5.74) is 0.367. The van der Waals surface area contributed by atoms with Crippen molar-refractivity contribution in [3.05, 3.63) is 29.3 Å². The molecule has 1 aromatic carbocycles. The van der Waals surface area contributed by atoms with Gasteiger partial charge in [-0.15, -0.1) is 0 Å². The first-order valence-corrected chi connectivity index (χ1v) is 9.94. The number of methoxy groups -OCH3 is 1. The van der Waals surface area contributed by atoms with Crippen LogP contribution in [0.5, 0.6) is 5.75 Å². The number of benzene rings is 1. The third kappa shape index (κ3) is 3.81. The lowest BCUT2D eigenvalue weighted by Gasteiger charge is -2.35. The molecular formula is C21H29N3O5. The van der Waals surface area contributed by atoms with Gasteiger partial charge in [0.25, 0.3) is 5.91 Å². The highest BCUT2D eigenvalue weighted by molar-refractivity contribution is 6.09. The summed E-state index contributed by atoms with van der Waals surface area (Å²) in [6.07, 6.45) is 0.213. The topological polar surface area (TPSA) is 88.2 Å². The molecule has 0 aliphatic carbocycles. The van der Waals surface area contributed by atoms with Crippen LogP contribution < -0.4 is 10.1 Å². The highest BCUT2D eigenvalue weighted by Crippen LogP contribution is 2.34. The van der Waals surface area contributed by atoms with E-state index in [9.17, 15) is 14.4 Å². The molecule has 2 aliphatic heterocycles. The second-order valence-corrected chi connectivity index (χ2v) is 7.82. The molecule has 0 spiro atoms. The third-order valence-corrected chi connectivity index (χ3v) is 5.66. The first-order valence-electron chi connectivity index (χ1n) is 9.94. The standard InChI is InChI=1S/C21H29N3O5/c1-6-21(16-7-8-17(28-5)13(2)9-16)19(26)24(20(27)22-21)12-18(25)23-10-14(3)29-15(4)11-23/h7-9,14-15H,6,10-12H2,1-5H3,(H,22,27). The number of nitrogens with zero attached hydrogens (tertiary/aromatic N) is 2. The van der Waals surface area contributed by atoms with E-state index in [1.54, 1.807) is 24.1 Å². The molecule has 8 nitrogen and oxygen atoms in total. The van der Waals surface area contributed by atoms with E-state index in [0.717, 1.165) is 10.5 Å². The minimum Gasteiger partial charge on any atom is -0.496 e. The Kier molecular flexibility index (Phi) is 5.84. The molecule has 2 aliphatic rings. The summed E-state index contributed by atoms with van der Waals surface area (Å²) in [6, 6.07) is 4.86. The summed E-state index contributed by atoms with van der Waals surface area (Å²) in [6.45, 7) is 8.15. The Morgan fingerprint density at radius 3 is 2.48 bits per heavy atom. The van der Waals surface area contributed by atoms with E-state index in [-0.39, 0.29) is 24.7 Å². The van der Waals surface area contributed by atoms with Crippen molar-refractivity contribution in [3.8, 4) is 5.75 Å². The molecule has 8 heteroatoms. The summed E-state index contributed by atoms with van der Waals surface area (Å²) < 4.78 is 10.9. The van der Waals surface area contributed by atoms with Crippen LogP contribution in [0, 0.1) is 6.92 Å². The number of imide groups is 1. The van der Waals surface area contributed by atoms with E-state index in [0.29, 0.717) is 30.8 Å². The van der Waals surface area contributed by atoms with Crippen molar-refractivity contribution >= 4 is 17.8 Å². The van der Waals surface area contributed by atoms with Gasteiger partial charge in [-0.2, -0.15) is 0 Å². The maximum Gasteiger partial charge on any atom is 0.325 e. The fourth-order valence-corrected chi connectivity index (χ4v) is 4.17. The number of hydrogen-bond donors (Lipinski definition) is 1. The molecule has 4 amide bonds. The summed E-state index contributed by atoms with van der Waals surface area (Å²) in [4.78, 5) is 41.4. The number of urea groups is 1. The van der Waals surface area contributed by atoms with Gasteiger partial charge in [0.2, 0.25) is 5.91 Å². The number of carbonyl (C=O) groups is 3. The van der Waals surface area contributed by atoms with E-state index in [1.807, 2.05) is 33.8 Å². The van der Waals surface area contributed by atoms with Crippen molar-refractivity contribution in [2.75, 3.05) is 26.7 Å². The Balaban J connectivity index is 1.82. The number of morpholine rings is 1. The molecule has 3 rings (SSSR count). The van der Waals surface area contributed by atoms with Crippen LogP contribution in [0.1, 0.15) is 38.3 Å². The molecule has 0 radical (unpaired) electrons. The summed E-state index contributed by atoms with van der Waals surface area (Å²) in [5.74, 6) is 0.0463. The summed E-state index contributed by atoms with van der Waals surface area (Å²) in [5, 5.41) is 2.82. The predicted molar refractivity (Wildman–Crippen MR) is 107 cm³/mol. The highest BCUT2D eigenvalue weighted by atomic mass is 16.5. The normalized spacial score (nSPS) is 27.2. The van der Waals surface area contributed by atoms with Crippen LogP contribution in [-0.4, -0.2) is 66.6 Å². The number of hydrogen-bond acceptors (Lipinski definition) is 5. The van der Waals surface area contributed by atoms with Gasteiger partial charge in [-0.05, 0) is 50.5 Å². The zero-order valence-corrected chi connectivity index (χ0v) is 17.7. The van der Waals surface area contributed by atoms with Gasteiger partial charge in [0.1, 0.15) is 17.8 Å². The van der Waals surface area contributed by atoms with E-state index < -0.39 is 17.5 Å². The molecule has 2 fully saturated rings. The zero-order chi connectivity index (χ0) is 21.3. The molecule has 3 unspecified atom stereocenters. The Hall–Kier alpha value is -2.61. The number of carbonyl (C=O) groups excluding carboxylic acids is 3. The van der Waals surface area contributed by atoms with Crippen LogP contribution in [-0.2, 0) is 19.9 Å². The van der Waals surface area contributed by atoms with Crippen LogP contribution in [0.4, 0.5) is 4.79 Å². The second-order valence-electron chi connectivity index (χ2n) is 7.82. The molecule has 3 atom stereocenters. The number of amides is 4. The lowest BCUT2D eigenvalue weighted by atomic mass is 9.86. The fraction of sp³-hybridized carbons (Fsp3) is 0.571. The highest BCUT2D eigenvalue weighted by Gasteiger charge is 2.52. The Morgan fingerprint density at radius 2 is 1.93 bits per heavy atom. The number of aryl methyl sites for hydroxylation is 1. The average Bonchev–Trinajstić information content (AvgIpc) is 2.92. The van der Waals surface area contributed by atoms with Crippen molar-refractivity contribution in [3.63, 3.8) is 0 Å². The van der Waals surface area contributed by atoms with Crippen molar-refractivity contribution in [1.29, 1.82) is 0 Å². The van der Waals surface area contributed by atoms with Crippen LogP contribution in [0.3, 0.4) is 0 Å². The second kappa shape index (κ2) is 8.02. The van der Waals surface area contributed by atoms with Crippen molar-refractivity contribution < 1.29 is 23.9 Å². The van der Waals surface area contributed by atoms with Gasteiger partial charge in [-0.3, -0.25) is 14.5 Å². The lowest BCUT2D eigenvalue weighted by molar-refractivity contribution is -0.147. The number of ether oxygens (including phenoxy) is 2. The monoisotopic (exact) mass is 403 g/mol. The zero-order valence-electron chi connectivity index (χ0n) is 17.7. The first-order chi connectivity index (χ1) is 13.7. The van der Waals surface area contributed by atoms with E-state index in [1.165, 1.54) is 0 Å².